The summed E-state index contributed by atoms with van der Waals surface area (Å²) < 4.78 is 7.47. The van der Waals surface area contributed by atoms with Crippen LogP contribution in [0.4, 0.5) is 5.69 Å². The van der Waals surface area contributed by atoms with Gasteiger partial charge in [0.1, 0.15) is 12.4 Å². The molecule has 2 heterocycles. The fourth-order valence-corrected chi connectivity index (χ4v) is 3.99. The number of rotatable bonds is 6. The summed E-state index contributed by atoms with van der Waals surface area (Å²) in [5.74, 6) is 0.531. The summed E-state index contributed by atoms with van der Waals surface area (Å²) in [6.07, 6.45) is 0.497. The molecule has 0 atom stereocenters. The van der Waals surface area contributed by atoms with Crippen LogP contribution in [-0.2, 0) is 13.0 Å². The second-order valence-corrected chi connectivity index (χ2v) is 7.42. The van der Waals surface area contributed by atoms with Crippen molar-refractivity contribution in [1.82, 2.24) is 9.38 Å². The molecule has 0 N–H and O–H groups in total. The zero-order chi connectivity index (χ0) is 20.4. The van der Waals surface area contributed by atoms with Crippen LogP contribution >= 0.6 is 11.3 Å². The van der Waals surface area contributed by atoms with Crippen LogP contribution in [0.15, 0.2) is 64.8 Å². The standard InChI is InChI=1S/C21H17N3O4S/c1-14-13-29-21-22-17(11-20(25)23(14)21)12-28-19-8-7-18(24(26)27)10-16(19)9-15-5-3-2-4-6-15/h2-8,10-11,13H,9,12H2,1H3. The molecule has 2 aromatic carbocycles. The Hall–Kier alpha value is -3.52. The molecule has 2 aromatic heterocycles. The van der Waals surface area contributed by atoms with E-state index in [2.05, 4.69) is 4.98 Å². The lowest BCUT2D eigenvalue weighted by Crippen LogP contribution is -2.16. The first-order valence-corrected chi connectivity index (χ1v) is 9.80. The molecule has 29 heavy (non-hydrogen) atoms. The van der Waals surface area contributed by atoms with Crippen LogP contribution in [0.5, 0.6) is 5.75 Å². The Balaban J connectivity index is 1.62. The molecule has 0 unspecified atom stereocenters. The second kappa shape index (κ2) is 7.84. The van der Waals surface area contributed by atoms with Crippen molar-refractivity contribution in [3.63, 3.8) is 0 Å². The van der Waals surface area contributed by atoms with Gasteiger partial charge in [-0.15, -0.1) is 11.3 Å². The van der Waals surface area contributed by atoms with Gasteiger partial charge in [-0.1, -0.05) is 30.3 Å². The molecule has 0 aliphatic heterocycles. The number of nitro groups is 1. The molecule has 4 rings (SSSR count). The number of hydrogen-bond donors (Lipinski definition) is 0. The molecule has 0 aliphatic carbocycles. The van der Waals surface area contributed by atoms with E-state index in [-0.39, 0.29) is 17.9 Å². The molecule has 7 nitrogen and oxygen atoms in total. The molecule has 8 heteroatoms. The van der Waals surface area contributed by atoms with Crippen LogP contribution in [0.3, 0.4) is 0 Å². The Morgan fingerprint density at radius 2 is 1.97 bits per heavy atom. The summed E-state index contributed by atoms with van der Waals surface area (Å²) in [4.78, 5) is 28.2. The maximum absolute atomic E-state index is 12.3. The average Bonchev–Trinajstić information content (AvgIpc) is 3.09. The van der Waals surface area contributed by atoms with Crippen molar-refractivity contribution in [2.24, 2.45) is 0 Å². The normalized spacial score (nSPS) is 10.9. The smallest absolute Gasteiger partial charge is 0.269 e. The minimum Gasteiger partial charge on any atom is -0.487 e. The Morgan fingerprint density at radius 3 is 2.72 bits per heavy atom. The van der Waals surface area contributed by atoms with Gasteiger partial charge in [0.2, 0.25) is 0 Å². The van der Waals surface area contributed by atoms with Gasteiger partial charge in [-0.05, 0) is 18.6 Å². The molecular formula is C21H17N3O4S. The molecule has 4 aromatic rings. The summed E-state index contributed by atoms with van der Waals surface area (Å²) in [6.45, 7) is 1.96. The van der Waals surface area contributed by atoms with Gasteiger partial charge in [-0.25, -0.2) is 4.98 Å². The summed E-state index contributed by atoms with van der Waals surface area (Å²) in [5, 5.41) is 13.1. The predicted octanol–water partition coefficient (Wildman–Crippen LogP) is 4.14. The predicted molar refractivity (Wildman–Crippen MR) is 111 cm³/mol. The van der Waals surface area contributed by atoms with E-state index in [1.165, 1.54) is 29.5 Å². The number of benzene rings is 2. The average molecular weight is 407 g/mol. The van der Waals surface area contributed by atoms with Gasteiger partial charge in [0.05, 0.1) is 10.6 Å². The van der Waals surface area contributed by atoms with E-state index in [1.807, 2.05) is 42.6 Å². The zero-order valence-corrected chi connectivity index (χ0v) is 16.4. The Labute approximate surface area is 170 Å². The SMILES string of the molecule is Cc1csc2nc(COc3ccc([N+](=O)[O-])cc3Cc3ccccc3)cc(=O)n12. The third-order valence-electron chi connectivity index (χ3n) is 4.50. The minimum atomic E-state index is -0.423. The number of ether oxygens (including phenoxy) is 1. The van der Waals surface area contributed by atoms with Gasteiger partial charge >= 0.3 is 0 Å². The molecule has 0 spiro atoms. The van der Waals surface area contributed by atoms with Crippen LogP contribution in [0.25, 0.3) is 4.96 Å². The van der Waals surface area contributed by atoms with Crippen LogP contribution in [-0.4, -0.2) is 14.3 Å². The highest BCUT2D eigenvalue weighted by molar-refractivity contribution is 7.15. The molecule has 0 saturated heterocycles. The lowest BCUT2D eigenvalue weighted by Gasteiger charge is -2.12. The number of non-ortho nitro benzene ring substituents is 1. The van der Waals surface area contributed by atoms with Gasteiger partial charge in [0.15, 0.2) is 4.96 Å². The number of thiazole rings is 1. The number of fused-ring (bicyclic) bond motifs is 1. The molecule has 0 amide bonds. The van der Waals surface area contributed by atoms with E-state index >= 15 is 0 Å². The van der Waals surface area contributed by atoms with Crippen molar-refractivity contribution in [1.29, 1.82) is 0 Å². The van der Waals surface area contributed by atoms with Crippen molar-refractivity contribution in [3.05, 3.63) is 103 Å². The molecule has 0 radical (unpaired) electrons. The summed E-state index contributed by atoms with van der Waals surface area (Å²) in [7, 11) is 0. The Bertz CT molecular complexity index is 1250. The fraction of sp³-hybridized carbons (Fsp3) is 0.143. The van der Waals surface area contributed by atoms with E-state index < -0.39 is 4.92 Å². The minimum absolute atomic E-state index is 0.00938. The van der Waals surface area contributed by atoms with Crippen molar-refractivity contribution in [2.75, 3.05) is 0 Å². The number of nitro benzene ring substituents is 1. The Morgan fingerprint density at radius 1 is 1.17 bits per heavy atom. The topological polar surface area (TPSA) is 86.7 Å². The van der Waals surface area contributed by atoms with Crippen molar-refractivity contribution < 1.29 is 9.66 Å². The number of hydrogen-bond acceptors (Lipinski definition) is 6. The lowest BCUT2D eigenvalue weighted by atomic mass is 10.0. The first-order chi connectivity index (χ1) is 14.0. The van der Waals surface area contributed by atoms with E-state index in [0.717, 1.165) is 11.3 Å². The van der Waals surface area contributed by atoms with Crippen LogP contribution < -0.4 is 10.3 Å². The quantitative estimate of drug-likeness (QED) is 0.354. The van der Waals surface area contributed by atoms with Gasteiger partial charge < -0.3 is 4.74 Å². The first-order valence-electron chi connectivity index (χ1n) is 8.92. The maximum Gasteiger partial charge on any atom is 0.269 e. The highest BCUT2D eigenvalue weighted by Gasteiger charge is 2.14. The number of nitrogens with zero attached hydrogens (tertiary/aromatic N) is 3. The second-order valence-electron chi connectivity index (χ2n) is 6.58. The summed E-state index contributed by atoms with van der Waals surface area (Å²) in [5.41, 5.74) is 2.94. The summed E-state index contributed by atoms with van der Waals surface area (Å²) in [6, 6.07) is 15.7. The highest BCUT2D eigenvalue weighted by atomic mass is 32.1. The summed E-state index contributed by atoms with van der Waals surface area (Å²) >= 11 is 1.40. The molecule has 146 valence electrons. The molecule has 0 saturated carbocycles. The largest absolute Gasteiger partial charge is 0.487 e. The van der Waals surface area contributed by atoms with Crippen LogP contribution in [0.1, 0.15) is 22.5 Å². The number of aryl methyl sites for hydroxylation is 1. The lowest BCUT2D eigenvalue weighted by molar-refractivity contribution is -0.384. The van der Waals surface area contributed by atoms with E-state index in [1.54, 1.807) is 10.5 Å². The third-order valence-corrected chi connectivity index (χ3v) is 5.44. The third kappa shape index (κ3) is 4.02. The molecular weight excluding hydrogens is 390 g/mol. The van der Waals surface area contributed by atoms with Crippen molar-refractivity contribution in [3.8, 4) is 5.75 Å². The highest BCUT2D eigenvalue weighted by Crippen LogP contribution is 2.27. The van der Waals surface area contributed by atoms with Crippen LogP contribution in [0.2, 0.25) is 0 Å². The molecule has 0 bridgehead atoms. The van der Waals surface area contributed by atoms with Crippen molar-refractivity contribution >= 4 is 22.0 Å². The first kappa shape index (κ1) is 18.8. The van der Waals surface area contributed by atoms with E-state index in [4.69, 9.17) is 4.74 Å². The van der Waals surface area contributed by atoms with Gasteiger partial charge in [-0.3, -0.25) is 19.3 Å². The van der Waals surface area contributed by atoms with Gasteiger partial charge in [0.25, 0.3) is 11.2 Å². The monoisotopic (exact) mass is 407 g/mol. The molecule has 0 fully saturated rings. The van der Waals surface area contributed by atoms with Gasteiger partial charge in [0, 0.05) is 41.3 Å². The van der Waals surface area contributed by atoms with E-state index in [0.29, 0.717) is 28.4 Å². The number of aromatic nitrogens is 2. The van der Waals surface area contributed by atoms with E-state index in [9.17, 15) is 14.9 Å². The maximum atomic E-state index is 12.3. The fourth-order valence-electron chi connectivity index (χ4n) is 3.10. The zero-order valence-electron chi connectivity index (χ0n) is 15.6. The van der Waals surface area contributed by atoms with Crippen LogP contribution in [0, 0.1) is 17.0 Å². The van der Waals surface area contributed by atoms with Gasteiger partial charge in [-0.2, -0.15) is 0 Å². The Kier molecular flexibility index (Phi) is 5.09. The molecule has 0 aliphatic rings. The van der Waals surface area contributed by atoms with Crippen molar-refractivity contribution in [2.45, 2.75) is 20.0 Å².